The maximum atomic E-state index is 12.0. The molecule has 0 aromatic carbocycles. The number of carboxylic acids is 2. The fourth-order valence-electron chi connectivity index (χ4n) is 4.47. The van der Waals surface area contributed by atoms with Crippen LogP contribution in [0.2, 0.25) is 0 Å². The van der Waals surface area contributed by atoms with Gasteiger partial charge in [0.25, 0.3) is 20.2 Å². The minimum absolute atomic E-state index is 0. The first-order valence-corrected chi connectivity index (χ1v) is 18.0. The van der Waals surface area contributed by atoms with E-state index in [4.69, 9.17) is 18.6 Å². The molecule has 0 heterocycles. The molecule has 0 fully saturated rings. The van der Waals surface area contributed by atoms with Gasteiger partial charge in [-0.05, 0) is 51.4 Å². The molecule has 0 radical (unpaired) electrons. The number of ether oxygens (including phenoxy) is 2. The van der Waals surface area contributed by atoms with E-state index < -0.39 is 78.7 Å². The van der Waals surface area contributed by atoms with Crippen LogP contribution in [0.25, 0.3) is 0 Å². The van der Waals surface area contributed by atoms with Crippen molar-refractivity contribution in [2.24, 2.45) is 0 Å². The van der Waals surface area contributed by atoms with Crippen molar-refractivity contribution in [2.45, 2.75) is 153 Å². The number of carboxylic acid groups (broad SMARTS) is 2. The minimum Gasteiger partial charge on any atom is -0.550 e. The van der Waals surface area contributed by atoms with Crippen LogP contribution < -0.4 is 69.3 Å². The number of aliphatic carboxylic acids is 2. The predicted molar refractivity (Wildman–Crippen MR) is 157 cm³/mol. The molecule has 0 aliphatic rings. The summed E-state index contributed by atoms with van der Waals surface area (Å²) in [6, 6.07) is 0. The smallest absolute Gasteiger partial charge is 0.550 e. The maximum absolute atomic E-state index is 12.0. The molecule has 0 rings (SSSR count). The van der Waals surface area contributed by atoms with E-state index in [-0.39, 0.29) is 59.1 Å². The molecule has 2 unspecified atom stereocenters. The Morgan fingerprint density at radius 3 is 1.02 bits per heavy atom. The van der Waals surface area contributed by atoms with Crippen LogP contribution in [0.5, 0.6) is 0 Å². The van der Waals surface area contributed by atoms with Crippen LogP contribution in [0.1, 0.15) is 131 Å². The summed E-state index contributed by atoms with van der Waals surface area (Å²) in [5.41, 5.74) is -1.69. The van der Waals surface area contributed by atoms with Gasteiger partial charge in [-0.15, -0.1) is 0 Å². The van der Waals surface area contributed by atoms with Crippen molar-refractivity contribution in [1.82, 2.24) is 0 Å². The monoisotopic (exact) mass is 720 g/mol. The normalized spacial score (nSPS) is 13.0. The Hall–Kier alpha value is -0.300. The summed E-state index contributed by atoms with van der Waals surface area (Å²) in [7, 11) is -9.74. The van der Waals surface area contributed by atoms with Gasteiger partial charge in [-0.1, -0.05) is 67.2 Å². The second kappa shape index (κ2) is 25.6. The number of unbranched alkanes of at least 4 members (excludes halogenated alkanes) is 4. The van der Waals surface area contributed by atoms with Crippen molar-refractivity contribution >= 4 is 44.1 Å². The molecule has 0 spiro atoms. The van der Waals surface area contributed by atoms with Crippen LogP contribution >= 0.6 is 0 Å². The van der Waals surface area contributed by atoms with E-state index in [0.717, 1.165) is 38.5 Å². The molecule has 0 amide bonds. The molecule has 46 heavy (non-hydrogen) atoms. The maximum Gasteiger partial charge on any atom is 1.00 e. The van der Waals surface area contributed by atoms with E-state index in [1.807, 2.05) is 41.5 Å². The van der Waals surface area contributed by atoms with Gasteiger partial charge in [0.1, 0.15) is 11.2 Å². The summed E-state index contributed by atoms with van der Waals surface area (Å²) in [4.78, 5) is 45.2. The van der Waals surface area contributed by atoms with E-state index in [9.17, 15) is 46.2 Å². The molecule has 0 aliphatic heterocycles. The third kappa shape index (κ3) is 20.9. The first kappa shape index (κ1) is 52.5. The zero-order valence-electron chi connectivity index (χ0n) is 28.7. The van der Waals surface area contributed by atoms with Crippen molar-refractivity contribution in [3.63, 3.8) is 0 Å². The minimum atomic E-state index is -4.87. The van der Waals surface area contributed by atoms with E-state index >= 15 is 0 Å². The molecule has 2 N–H and O–H groups in total. The fraction of sp³-hybridized carbons (Fsp3) is 0.857. The molecule has 18 heteroatoms. The van der Waals surface area contributed by atoms with Crippen molar-refractivity contribution in [2.75, 3.05) is 0 Å². The third-order valence-electron chi connectivity index (χ3n) is 7.63. The number of hydrogen-bond donors (Lipinski definition) is 2. The number of carbonyl (C=O) groups excluding carboxylic acids is 4. The molecular weight excluding hydrogens is 670 g/mol. The van der Waals surface area contributed by atoms with Crippen LogP contribution in [0.3, 0.4) is 0 Å². The van der Waals surface area contributed by atoms with Crippen molar-refractivity contribution < 1.29 is 124 Å². The van der Waals surface area contributed by atoms with E-state index in [0.29, 0.717) is 38.5 Å². The summed E-state index contributed by atoms with van der Waals surface area (Å²) >= 11 is 0. The van der Waals surface area contributed by atoms with Crippen LogP contribution in [0.4, 0.5) is 0 Å². The molecule has 2 atom stereocenters. The zero-order chi connectivity index (χ0) is 34.8. The van der Waals surface area contributed by atoms with Gasteiger partial charge in [0.2, 0.25) is 0 Å². The topological polar surface area (TPSA) is 242 Å². The molecule has 0 aromatic heterocycles. The van der Waals surface area contributed by atoms with Gasteiger partial charge in [0.05, 0.1) is 0 Å². The van der Waals surface area contributed by atoms with Gasteiger partial charge in [-0.3, -0.25) is 18.7 Å². The van der Waals surface area contributed by atoms with Crippen molar-refractivity contribution in [1.29, 1.82) is 0 Å². The summed E-state index contributed by atoms with van der Waals surface area (Å²) < 4.78 is 73.5. The molecule has 260 valence electrons. The first-order chi connectivity index (χ1) is 20.2. The van der Waals surface area contributed by atoms with Crippen LogP contribution in [0.15, 0.2) is 0 Å². The first-order valence-electron chi connectivity index (χ1n) is 15.0. The van der Waals surface area contributed by atoms with Gasteiger partial charge >= 0.3 is 71.1 Å². The number of hydrogen-bond acceptors (Lipinski definition) is 12. The van der Waals surface area contributed by atoms with Gasteiger partial charge in [-0.25, -0.2) is 0 Å². The van der Waals surface area contributed by atoms with Gasteiger partial charge < -0.3 is 29.3 Å². The zero-order valence-corrected chi connectivity index (χ0v) is 34.3. The molecular formula is C28H50Na2O14S2. The van der Waals surface area contributed by atoms with E-state index in [1.165, 1.54) is 0 Å². The molecule has 0 aliphatic carbocycles. The average molecular weight is 721 g/mol. The predicted octanol–water partition coefficient (Wildman–Crippen LogP) is -3.86. The van der Waals surface area contributed by atoms with E-state index in [1.54, 1.807) is 0 Å². The van der Waals surface area contributed by atoms with Crippen LogP contribution in [-0.2, 0) is 48.9 Å². The Bertz CT molecular complexity index is 1030. The Balaban J connectivity index is -0.000000367. The third-order valence-corrected chi connectivity index (χ3v) is 9.79. The molecule has 0 bridgehead atoms. The van der Waals surface area contributed by atoms with Gasteiger partial charge in [0, 0.05) is 24.8 Å². The summed E-state index contributed by atoms with van der Waals surface area (Å²) in [5, 5.41) is 16.9. The number of rotatable bonds is 22. The average Bonchev–Trinajstić information content (AvgIpc) is 2.92. The SMILES string of the molecule is CCCCCC(CC)(CC)OC(=O)C(CC(=O)[O-])S(=O)(=O)O.CCCCCC(CC)(CC)OC(=O)C(CC(=O)[O-])S(=O)(=O)O.[Na+].[Na+]. The molecule has 14 nitrogen and oxygen atoms in total. The molecule has 0 saturated heterocycles. The van der Waals surface area contributed by atoms with Crippen LogP contribution in [-0.4, -0.2) is 71.5 Å². The number of esters is 2. The fourth-order valence-corrected chi connectivity index (χ4v) is 5.75. The molecule has 0 aromatic rings. The van der Waals surface area contributed by atoms with E-state index in [2.05, 4.69) is 0 Å². The second-order valence-corrected chi connectivity index (χ2v) is 13.9. The Kier molecular flexibility index (Phi) is 29.3. The summed E-state index contributed by atoms with van der Waals surface area (Å²) in [5.74, 6) is -5.98. The largest absolute Gasteiger partial charge is 1.00 e. The Labute approximate surface area is 318 Å². The standard InChI is InChI=1S/2C14H26O7S.2Na/c2*1-4-7-8-9-14(5-2,6-3)21-13(17)11(10-12(15)16)22(18,19)20;;/h2*11H,4-10H2,1-3H3,(H,15,16)(H,18,19,20);;/q;;2*+1/p-2. The Morgan fingerprint density at radius 2 is 0.848 bits per heavy atom. The van der Waals surface area contributed by atoms with Gasteiger partial charge in [0.15, 0.2) is 10.5 Å². The quantitative estimate of drug-likeness (QED) is 0.0471. The second-order valence-electron chi connectivity index (χ2n) is 10.7. The summed E-state index contributed by atoms with van der Waals surface area (Å²) in [6.07, 6.45) is 6.23. The summed E-state index contributed by atoms with van der Waals surface area (Å²) in [6.45, 7) is 11.3. The van der Waals surface area contributed by atoms with Crippen molar-refractivity contribution in [3.05, 3.63) is 0 Å². The van der Waals surface area contributed by atoms with Crippen LogP contribution in [0, 0.1) is 0 Å². The number of carbonyl (C=O) groups is 4. The van der Waals surface area contributed by atoms with Crippen molar-refractivity contribution in [3.8, 4) is 0 Å². The Morgan fingerprint density at radius 1 is 0.587 bits per heavy atom. The molecule has 0 saturated carbocycles. The van der Waals surface area contributed by atoms with Gasteiger partial charge in [-0.2, -0.15) is 16.8 Å².